The Labute approximate surface area is 135 Å². The highest BCUT2D eigenvalue weighted by Crippen LogP contribution is 2.58. The van der Waals surface area contributed by atoms with Gasteiger partial charge in [0.1, 0.15) is 6.33 Å². The molecule has 1 atom stereocenters. The molecule has 3 nitrogen and oxygen atoms in total. The van der Waals surface area contributed by atoms with E-state index in [0.717, 1.165) is 18.1 Å². The smallest absolute Gasteiger partial charge is 0.104 e. The lowest BCUT2D eigenvalue weighted by atomic mass is 9.84. The zero-order valence-corrected chi connectivity index (χ0v) is 14.6. The van der Waals surface area contributed by atoms with Crippen LogP contribution in [0.5, 0.6) is 0 Å². The van der Waals surface area contributed by atoms with E-state index in [1.165, 1.54) is 37.7 Å². The third-order valence-electron chi connectivity index (χ3n) is 4.83. The molecule has 1 aromatic heterocycles. The number of allylic oxidation sites excluding steroid dienone is 2. The number of nitrogens with zero attached hydrogens (tertiary/aromatic N) is 2. The maximum atomic E-state index is 10.1. The van der Waals surface area contributed by atoms with Crippen LogP contribution in [0.15, 0.2) is 41.2 Å². The number of hydrogen-bond donors (Lipinski definition) is 1. The SMILES string of the molecule is CC(C)(O)CCS1(n2ccnc2)C=CC(C2CCCCC2)=C1. The average Bonchev–Trinajstić information content (AvgIpc) is 3.16. The Hall–Kier alpha value is -1.00. The maximum absolute atomic E-state index is 10.1. The lowest BCUT2D eigenvalue weighted by Gasteiger charge is -2.35. The second-order valence-electron chi connectivity index (χ2n) is 7.25. The highest BCUT2D eigenvalue weighted by Gasteiger charge is 2.30. The summed E-state index contributed by atoms with van der Waals surface area (Å²) in [7, 11) is -1.18. The molecule has 1 saturated carbocycles. The molecule has 1 N–H and O–H groups in total. The van der Waals surface area contributed by atoms with Crippen molar-refractivity contribution in [1.29, 1.82) is 0 Å². The van der Waals surface area contributed by atoms with Crippen LogP contribution < -0.4 is 0 Å². The fourth-order valence-corrected chi connectivity index (χ4v) is 6.68. The monoisotopic (exact) mass is 320 g/mol. The zero-order chi connectivity index (χ0) is 15.6. The van der Waals surface area contributed by atoms with E-state index in [4.69, 9.17) is 0 Å². The summed E-state index contributed by atoms with van der Waals surface area (Å²) in [5.41, 5.74) is 0.912. The summed E-state index contributed by atoms with van der Waals surface area (Å²) in [6.45, 7) is 3.80. The third-order valence-corrected chi connectivity index (χ3v) is 7.97. The molecule has 1 aliphatic heterocycles. The minimum atomic E-state index is -1.18. The van der Waals surface area contributed by atoms with Crippen molar-refractivity contribution >= 4 is 10.2 Å². The Morgan fingerprint density at radius 3 is 2.73 bits per heavy atom. The van der Waals surface area contributed by atoms with Gasteiger partial charge >= 0.3 is 0 Å². The van der Waals surface area contributed by atoms with Crippen molar-refractivity contribution in [3.05, 3.63) is 41.2 Å². The molecule has 1 unspecified atom stereocenters. The van der Waals surface area contributed by atoms with Crippen molar-refractivity contribution in [1.82, 2.24) is 8.96 Å². The molecular weight excluding hydrogens is 292 g/mol. The van der Waals surface area contributed by atoms with Gasteiger partial charge in [-0.3, -0.25) is 3.97 Å². The van der Waals surface area contributed by atoms with Crippen LogP contribution in [0.25, 0.3) is 0 Å². The molecule has 1 aromatic rings. The van der Waals surface area contributed by atoms with Gasteiger partial charge in [-0.1, -0.05) is 25.3 Å². The topological polar surface area (TPSA) is 38.0 Å². The lowest BCUT2D eigenvalue weighted by Crippen LogP contribution is -2.22. The van der Waals surface area contributed by atoms with E-state index < -0.39 is 15.8 Å². The number of aromatic nitrogens is 2. The molecule has 0 amide bonds. The number of rotatable bonds is 5. The van der Waals surface area contributed by atoms with Gasteiger partial charge < -0.3 is 5.11 Å². The van der Waals surface area contributed by atoms with E-state index in [9.17, 15) is 5.11 Å². The highest BCUT2D eigenvalue weighted by atomic mass is 32.3. The number of hydrogen-bond acceptors (Lipinski definition) is 2. The molecule has 122 valence electrons. The largest absolute Gasteiger partial charge is 0.390 e. The van der Waals surface area contributed by atoms with Crippen LogP contribution in [0.1, 0.15) is 52.4 Å². The van der Waals surface area contributed by atoms with E-state index in [2.05, 4.69) is 32.0 Å². The Morgan fingerprint density at radius 1 is 1.32 bits per heavy atom. The van der Waals surface area contributed by atoms with Crippen LogP contribution >= 0.6 is 10.2 Å². The molecule has 0 aromatic carbocycles. The van der Waals surface area contributed by atoms with Gasteiger partial charge in [0.05, 0.1) is 5.60 Å². The van der Waals surface area contributed by atoms with Gasteiger partial charge in [-0.2, -0.15) is 0 Å². The molecule has 0 saturated heterocycles. The highest BCUT2D eigenvalue weighted by molar-refractivity contribution is 8.37. The molecule has 4 heteroatoms. The van der Waals surface area contributed by atoms with Gasteiger partial charge in [-0.25, -0.2) is 4.98 Å². The molecule has 1 fully saturated rings. The van der Waals surface area contributed by atoms with Crippen LogP contribution in [0.3, 0.4) is 0 Å². The van der Waals surface area contributed by atoms with E-state index in [0.29, 0.717) is 0 Å². The fraction of sp³-hybridized carbons (Fsp3) is 0.611. The van der Waals surface area contributed by atoms with E-state index in [1.54, 1.807) is 0 Å². The molecule has 0 bridgehead atoms. The predicted octanol–water partition coefficient (Wildman–Crippen LogP) is 4.60. The predicted molar refractivity (Wildman–Crippen MR) is 94.8 cm³/mol. The van der Waals surface area contributed by atoms with Gasteiger partial charge in [0.25, 0.3) is 0 Å². The number of aliphatic hydroxyl groups is 1. The van der Waals surface area contributed by atoms with Gasteiger partial charge in [-0.15, -0.1) is 10.2 Å². The second kappa shape index (κ2) is 6.25. The first-order chi connectivity index (χ1) is 10.5. The first kappa shape index (κ1) is 15.9. The van der Waals surface area contributed by atoms with Crippen molar-refractivity contribution in [3.63, 3.8) is 0 Å². The summed E-state index contributed by atoms with van der Waals surface area (Å²) in [6, 6.07) is 0. The van der Waals surface area contributed by atoms with Gasteiger partial charge in [0.2, 0.25) is 0 Å². The van der Waals surface area contributed by atoms with Crippen molar-refractivity contribution < 1.29 is 5.11 Å². The Bertz CT molecular complexity index is 550. The molecule has 3 rings (SSSR count). The minimum Gasteiger partial charge on any atom is -0.390 e. The van der Waals surface area contributed by atoms with Gasteiger partial charge in [0.15, 0.2) is 0 Å². The van der Waals surface area contributed by atoms with Crippen molar-refractivity contribution in [2.75, 3.05) is 5.75 Å². The summed E-state index contributed by atoms with van der Waals surface area (Å²) in [5.74, 6) is 1.73. The summed E-state index contributed by atoms with van der Waals surface area (Å²) in [4.78, 5) is 4.25. The quantitative estimate of drug-likeness (QED) is 0.861. The molecule has 0 spiro atoms. The van der Waals surface area contributed by atoms with Crippen molar-refractivity contribution in [2.24, 2.45) is 5.92 Å². The summed E-state index contributed by atoms with van der Waals surface area (Å²) >= 11 is 0. The van der Waals surface area contributed by atoms with E-state index >= 15 is 0 Å². The molecule has 2 heterocycles. The van der Waals surface area contributed by atoms with Crippen LogP contribution in [0.2, 0.25) is 0 Å². The van der Waals surface area contributed by atoms with Crippen LogP contribution in [-0.2, 0) is 0 Å². The Kier molecular flexibility index (Phi) is 4.51. The maximum Gasteiger partial charge on any atom is 0.104 e. The standard InChI is InChI=1S/C18H28N2OS/c1-18(2,21)9-13-22(20-11-10-19-15-20)12-8-17(14-22)16-6-4-3-5-7-16/h8,10-12,14-16,21H,3-7,9,13H2,1-2H3. The van der Waals surface area contributed by atoms with Crippen LogP contribution in [-0.4, -0.2) is 25.4 Å². The fourth-order valence-electron chi connectivity index (χ4n) is 3.40. The molecular formula is C18H28N2OS. The first-order valence-electron chi connectivity index (χ1n) is 8.40. The lowest BCUT2D eigenvalue weighted by molar-refractivity contribution is 0.0776. The van der Waals surface area contributed by atoms with Crippen molar-refractivity contribution in [2.45, 2.75) is 58.0 Å². The second-order valence-corrected chi connectivity index (χ2v) is 10.2. The molecule has 1 aliphatic carbocycles. The summed E-state index contributed by atoms with van der Waals surface area (Å²) < 4.78 is 2.27. The third kappa shape index (κ3) is 3.49. The molecule has 2 aliphatic rings. The average molecular weight is 321 g/mol. The van der Waals surface area contributed by atoms with Crippen molar-refractivity contribution in [3.8, 4) is 0 Å². The van der Waals surface area contributed by atoms with E-state index in [-0.39, 0.29) is 0 Å². The molecule has 0 radical (unpaired) electrons. The zero-order valence-electron chi connectivity index (χ0n) is 13.7. The first-order valence-corrected chi connectivity index (χ1v) is 10.3. The Morgan fingerprint density at radius 2 is 2.09 bits per heavy atom. The normalized spacial score (nSPS) is 29.3. The number of imidazole rings is 1. The van der Waals surface area contributed by atoms with Gasteiger partial charge in [0, 0.05) is 18.1 Å². The van der Waals surface area contributed by atoms with Crippen LogP contribution in [0.4, 0.5) is 0 Å². The van der Waals surface area contributed by atoms with E-state index in [1.807, 2.05) is 26.4 Å². The minimum absolute atomic E-state index is 0.615. The summed E-state index contributed by atoms with van der Waals surface area (Å²) in [6.07, 6.45) is 15.8. The van der Waals surface area contributed by atoms with Crippen LogP contribution in [0, 0.1) is 5.92 Å². The van der Waals surface area contributed by atoms with Gasteiger partial charge in [-0.05, 0) is 55.4 Å². The molecule has 22 heavy (non-hydrogen) atoms. The summed E-state index contributed by atoms with van der Waals surface area (Å²) in [5, 5.41) is 15.1. The Balaban J connectivity index is 1.84.